The molecule has 1 aliphatic heterocycles. The molecule has 2 rings (SSSR count). The first-order chi connectivity index (χ1) is 12.3. The highest BCUT2D eigenvalue weighted by Gasteiger charge is 2.29. The topological polar surface area (TPSA) is 88.2 Å². The Bertz CT molecular complexity index is 687. The van der Waals surface area contributed by atoms with Crippen LogP contribution in [-0.4, -0.2) is 78.0 Å². The van der Waals surface area contributed by atoms with Crippen molar-refractivity contribution >= 4 is 21.6 Å². The molecule has 1 aromatic rings. The van der Waals surface area contributed by atoms with Gasteiger partial charge in [-0.2, -0.15) is 0 Å². The van der Waals surface area contributed by atoms with Crippen LogP contribution in [0.5, 0.6) is 5.75 Å². The number of morpholine rings is 1. The Kier molecular flexibility index (Phi) is 7.24. The third kappa shape index (κ3) is 5.58. The summed E-state index contributed by atoms with van der Waals surface area (Å²) in [5, 5.41) is 2.82. The number of amides is 1. The number of hydrogen-bond donors (Lipinski definition) is 1. The van der Waals surface area contributed by atoms with Gasteiger partial charge in [0.05, 0.1) is 32.3 Å². The van der Waals surface area contributed by atoms with Gasteiger partial charge in [0, 0.05) is 26.2 Å². The molecule has 1 atom stereocenters. The van der Waals surface area contributed by atoms with E-state index in [4.69, 9.17) is 9.47 Å². The molecule has 0 unspecified atom stereocenters. The number of sulfonamides is 1. The van der Waals surface area contributed by atoms with Gasteiger partial charge in [-0.1, -0.05) is 0 Å². The molecule has 0 saturated carbocycles. The quantitative estimate of drug-likeness (QED) is 0.692. The number of benzene rings is 1. The van der Waals surface area contributed by atoms with Crippen molar-refractivity contribution in [1.82, 2.24) is 10.2 Å². The number of methoxy groups -OCH3 is 1. The van der Waals surface area contributed by atoms with Crippen LogP contribution in [0.4, 0.5) is 5.69 Å². The van der Waals surface area contributed by atoms with Gasteiger partial charge in [-0.25, -0.2) is 8.42 Å². The molecule has 146 valence electrons. The highest BCUT2D eigenvalue weighted by Crippen LogP contribution is 2.23. The molecule has 8 nitrogen and oxygen atoms in total. The molecule has 1 aromatic carbocycles. The zero-order valence-corrected chi connectivity index (χ0v) is 16.3. The fourth-order valence-electron chi connectivity index (χ4n) is 2.85. The lowest BCUT2D eigenvalue weighted by atomic mass is 10.2. The lowest BCUT2D eigenvalue weighted by Gasteiger charge is -2.29. The fourth-order valence-corrected chi connectivity index (χ4v) is 4.02. The van der Waals surface area contributed by atoms with E-state index < -0.39 is 16.1 Å². The lowest BCUT2D eigenvalue weighted by Crippen LogP contribution is -2.49. The van der Waals surface area contributed by atoms with E-state index in [1.54, 1.807) is 31.2 Å². The van der Waals surface area contributed by atoms with Crippen LogP contribution < -0.4 is 14.4 Å². The molecule has 0 radical (unpaired) electrons. The summed E-state index contributed by atoms with van der Waals surface area (Å²) >= 11 is 0. The van der Waals surface area contributed by atoms with Crippen LogP contribution in [0.25, 0.3) is 0 Å². The van der Waals surface area contributed by atoms with Crippen molar-refractivity contribution in [3.63, 3.8) is 0 Å². The molecule has 1 amide bonds. The number of carbonyl (C=O) groups is 1. The predicted octanol–water partition coefficient (Wildman–Crippen LogP) is 0.298. The smallest absolute Gasteiger partial charge is 0.243 e. The van der Waals surface area contributed by atoms with Gasteiger partial charge in [0.15, 0.2) is 0 Å². The molecule has 26 heavy (non-hydrogen) atoms. The average molecular weight is 385 g/mol. The van der Waals surface area contributed by atoms with Gasteiger partial charge in [-0.3, -0.25) is 14.0 Å². The van der Waals surface area contributed by atoms with E-state index in [9.17, 15) is 13.2 Å². The van der Waals surface area contributed by atoms with Crippen LogP contribution in [0.3, 0.4) is 0 Å². The first-order valence-electron chi connectivity index (χ1n) is 8.54. The fraction of sp³-hybridized carbons (Fsp3) is 0.588. The van der Waals surface area contributed by atoms with Crippen molar-refractivity contribution in [2.24, 2.45) is 0 Å². The van der Waals surface area contributed by atoms with Gasteiger partial charge in [0.2, 0.25) is 15.9 Å². The van der Waals surface area contributed by atoms with Crippen LogP contribution in [-0.2, 0) is 19.6 Å². The van der Waals surface area contributed by atoms with Gasteiger partial charge < -0.3 is 14.8 Å². The largest absolute Gasteiger partial charge is 0.497 e. The molecule has 0 spiro atoms. The summed E-state index contributed by atoms with van der Waals surface area (Å²) in [6.45, 7) is 5.83. The van der Waals surface area contributed by atoms with E-state index in [2.05, 4.69) is 10.2 Å². The summed E-state index contributed by atoms with van der Waals surface area (Å²) in [5.74, 6) is 0.282. The van der Waals surface area contributed by atoms with E-state index >= 15 is 0 Å². The van der Waals surface area contributed by atoms with Gasteiger partial charge in [-0.05, 0) is 31.2 Å². The first kappa shape index (κ1) is 20.5. The summed E-state index contributed by atoms with van der Waals surface area (Å²) in [6, 6.07) is 5.71. The molecule has 1 aliphatic rings. The zero-order valence-electron chi connectivity index (χ0n) is 15.5. The Morgan fingerprint density at radius 2 is 1.92 bits per heavy atom. The van der Waals surface area contributed by atoms with Crippen LogP contribution in [0, 0.1) is 0 Å². The van der Waals surface area contributed by atoms with E-state index in [0.29, 0.717) is 37.7 Å². The number of nitrogens with one attached hydrogen (secondary N) is 1. The minimum absolute atomic E-state index is 0.334. The minimum atomic E-state index is -3.62. The molecule has 0 bridgehead atoms. The molecular formula is C17H27N3O5S. The molecule has 0 aliphatic carbocycles. The number of ether oxygens (including phenoxy) is 2. The van der Waals surface area contributed by atoms with Crippen LogP contribution >= 0.6 is 0 Å². The van der Waals surface area contributed by atoms with Crippen molar-refractivity contribution in [2.75, 3.05) is 57.1 Å². The summed E-state index contributed by atoms with van der Waals surface area (Å²) in [7, 11) is -2.09. The van der Waals surface area contributed by atoms with Crippen molar-refractivity contribution in [3.8, 4) is 5.75 Å². The second-order valence-electron chi connectivity index (χ2n) is 6.18. The second-order valence-corrected chi connectivity index (χ2v) is 8.04. The molecule has 1 saturated heterocycles. The highest BCUT2D eigenvalue weighted by molar-refractivity contribution is 7.92. The van der Waals surface area contributed by atoms with Crippen molar-refractivity contribution in [2.45, 2.75) is 13.0 Å². The molecule has 1 heterocycles. The minimum Gasteiger partial charge on any atom is -0.497 e. The van der Waals surface area contributed by atoms with E-state index in [1.807, 2.05) is 0 Å². The predicted molar refractivity (Wildman–Crippen MR) is 100 cm³/mol. The average Bonchev–Trinajstić information content (AvgIpc) is 2.62. The van der Waals surface area contributed by atoms with Gasteiger partial charge in [-0.15, -0.1) is 0 Å². The summed E-state index contributed by atoms with van der Waals surface area (Å²) in [4.78, 5) is 14.7. The molecule has 1 fully saturated rings. The maximum absolute atomic E-state index is 12.5. The van der Waals surface area contributed by atoms with E-state index in [-0.39, 0.29) is 5.91 Å². The zero-order chi connectivity index (χ0) is 19.2. The number of nitrogens with zero attached hydrogens (tertiary/aromatic N) is 2. The van der Waals surface area contributed by atoms with Crippen molar-refractivity contribution in [1.29, 1.82) is 0 Å². The molecule has 9 heteroatoms. The Morgan fingerprint density at radius 1 is 1.31 bits per heavy atom. The van der Waals surface area contributed by atoms with Gasteiger partial charge >= 0.3 is 0 Å². The van der Waals surface area contributed by atoms with Crippen LogP contribution in [0.1, 0.15) is 6.92 Å². The highest BCUT2D eigenvalue weighted by atomic mass is 32.2. The van der Waals surface area contributed by atoms with Crippen molar-refractivity contribution in [3.05, 3.63) is 24.3 Å². The van der Waals surface area contributed by atoms with Gasteiger partial charge in [0.1, 0.15) is 11.8 Å². The Hall–Kier alpha value is -1.84. The molecule has 1 N–H and O–H groups in total. The Morgan fingerprint density at radius 3 is 2.46 bits per heavy atom. The third-order valence-corrected chi connectivity index (χ3v) is 5.49. The molecular weight excluding hydrogens is 358 g/mol. The standard InChI is InChI=1S/C17H27N3O5S/c1-14(17(21)18-8-9-19-10-12-25-13-11-19)20(26(3,22)23)15-4-6-16(24-2)7-5-15/h4-7,14H,8-13H2,1-3H3,(H,18,21)/t14-/m1/s1. The van der Waals surface area contributed by atoms with Crippen molar-refractivity contribution < 1.29 is 22.7 Å². The second kappa shape index (κ2) is 9.20. The first-order valence-corrected chi connectivity index (χ1v) is 10.4. The van der Waals surface area contributed by atoms with E-state index in [0.717, 1.165) is 23.7 Å². The normalized spacial score (nSPS) is 16.7. The SMILES string of the molecule is COc1ccc(N([C@H](C)C(=O)NCCN2CCOCC2)S(C)(=O)=O)cc1. The monoisotopic (exact) mass is 385 g/mol. The summed E-state index contributed by atoms with van der Waals surface area (Å²) in [6.07, 6.45) is 1.09. The van der Waals surface area contributed by atoms with Gasteiger partial charge in [0.25, 0.3) is 0 Å². The molecule has 0 aromatic heterocycles. The number of rotatable bonds is 8. The summed E-state index contributed by atoms with van der Waals surface area (Å²) < 4.78 is 36.0. The number of carbonyl (C=O) groups excluding carboxylic acids is 1. The van der Waals surface area contributed by atoms with Crippen LogP contribution in [0.15, 0.2) is 24.3 Å². The maximum Gasteiger partial charge on any atom is 0.243 e. The van der Waals surface area contributed by atoms with E-state index in [1.165, 1.54) is 7.11 Å². The maximum atomic E-state index is 12.5. The third-order valence-electron chi connectivity index (χ3n) is 4.25. The number of anilines is 1. The van der Waals surface area contributed by atoms with Crippen LogP contribution in [0.2, 0.25) is 0 Å². The lowest BCUT2D eigenvalue weighted by molar-refractivity contribution is -0.121. The Labute approximate surface area is 155 Å². The number of hydrogen-bond acceptors (Lipinski definition) is 6. The summed E-state index contributed by atoms with van der Waals surface area (Å²) in [5.41, 5.74) is 0.420. The Balaban J connectivity index is 2.00.